The van der Waals surface area contributed by atoms with Crippen LogP contribution in [0.15, 0.2) is 54.6 Å². The molecule has 2 rings (SSSR count). The Morgan fingerprint density at radius 1 is 1.07 bits per heavy atom. The van der Waals surface area contributed by atoms with E-state index in [2.05, 4.69) is 29.7 Å². The van der Waals surface area contributed by atoms with Gasteiger partial charge >= 0.3 is 5.97 Å². The zero-order chi connectivity index (χ0) is 21.2. The molecule has 0 aliphatic carbocycles. The van der Waals surface area contributed by atoms with Crippen LogP contribution in [0.25, 0.3) is 6.08 Å². The fraction of sp³-hybridized carbons (Fsp3) is 0.375. The number of carbonyl (C=O) groups is 1. The predicted molar refractivity (Wildman–Crippen MR) is 122 cm³/mol. The second kappa shape index (κ2) is 16.6. The maximum absolute atomic E-state index is 11.8. The summed E-state index contributed by atoms with van der Waals surface area (Å²) in [6.07, 6.45) is 3.94. The van der Waals surface area contributed by atoms with Crippen LogP contribution in [0.2, 0.25) is 0 Å². The molecular weight excluding hydrogens is 348 g/mol. The van der Waals surface area contributed by atoms with Crippen LogP contribution in [-0.4, -0.2) is 26.2 Å². The lowest BCUT2D eigenvalue weighted by molar-refractivity contribution is 0.0526. The van der Waals surface area contributed by atoms with E-state index >= 15 is 0 Å². The molecule has 0 aliphatic rings. The number of esters is 1. The third-order valence-corrected chi connectivity index (χ3v) is 3.59. The van der Waals surface area contributed by atoms with Crippen LogP contribution in [0, 0.1) is 0 Å². The summed E-state index contributed by atoms with van der Waals surface area (Å²) in [7, 11) is 1.93. The monoisotopic (exact) mass is 384 g/mol. The van der Waals surface area contributed by atoms with E-state index in [9.17, 15) is 4.79 Å². The van der Waals surface area contributed by atoms with Crippen molar-refractivity contribution in [2.75, 3.05) is 25.5 Å². The van der Waals surface area contributed by atoms with Crippen LogP contribution in [0.4, 0.5) is 5.69 Å². The van der Waals surface area contributed by atoms with Crippen molar-refractivity contribution in [1.82, 2.24) is 5.32 Å². The summed E-state index contributed by atoms with van der Waals surface area (Å²) in [5.74, 6) is -0.289. The van der Waals surface area contributed by atoms with Crippen LogP contribution >= 0.6 is 0 Å². The first-order valence-electron chi connectivity index (χ1n) is 10.0. The van der Waals surface area contributed by atoms with Gasteiger partial charge in [-0.25, -0.2) is 4.79 Å². The fourth-order valence-electron chi connectivity index (χ4n) is 2.18. The Balaban J connectivity index is 0.00000108. The van der Waals surface area contributed by atoms with Gasteiger partial charge in [-0.3, -0.25) is 0 Å². The van der Waals surface area contributed by atoms with Gasteiger partial charge in [0.25, 0.3) is 0 Å². The van der Waals surface area contributed by atoms with Gasteiger partial charge in [0.2, 0.25) is 0 Å². The normalized spacial score (nSPS) is 9.64. The van der Waals surface area contributed by atoms with Crippen LogP contribution in [0.1, 0.15) is 56.1 Å². The smallest absolute Gasteiger partial charge is 0.338 e. The maximum Gasteiger partial charge on any atom is 0.338 e. The van der Waals surface area contributed by atoms with Gasteiger partial charge < -0.3 is 15.4 Å². The largest absolute Gasteiger partial charge is 0.462 e. The highest BCUT2D eigenvalue weighted by atomic mass is 16.5. The summed E-state index contributed by atoms with van der Waals surface area (Å²) >= 11 is 0. The summed E-state index contributed by atoms with van der Waals surface area (Å²) < 4.78 is 5.05. The molecule has 4 heteroatoms. The zero-order valence-electron chi connectivity index (χ0n) is 18.2. The molecule has 0 bridgehead atoms. The van der Waals surface area contributed by atoms with Crippen molar-refractivity contribution in [3.05, 3.63) is 71.3 Å². The molecule has 0 saturated heterocycles. The second-order valence-corrected chi connectivity index (χ2v) is 5.57. The van der Waals surface area contributed by atoms with Gasteiger partial charge in [0, 0.05) is 12.2 Å². The second-order valence-electron chi connectivity index (χ2n) is 5.57. The van der Waals surface area contributed by atoms with E-state index in [0.717, 1.165) is 24.3 Å². The number of ether oxygens (including phenoxy) is 1. The predicted octanol–water partition coefficient (Wildman–Crippen LogP) is 5.76. The number of carbonyl (C=O) groups excluding carboxylic acids is 1. The summed E-state index contributed by atoms with van der Waals surface area (Å²) in [5.41, 5.74) is 3.75. The molecule has 154 valence electrons. The average Bonchev–Trinajstić information content (AvgIpc) is 2.75. The third-order valence-electron chi connectivity index (χ3n) is 3.59. The molecule has 4 nitrogen and oxygen atoms in total. The molecule has 0 heterocycles. The molecule has 0 aliphatic heterocycles. The Hall–Kier alpha value is -2.59. The summed E-state index contributed by atoms with van der Waals surface area (Å²) in [5, 5.41) is 6.34. The fourth-order valence-corrected chi connectivity index (χ4v) is 2.18. The van der Waals surface area contributed by atoms with Gasteiger partial charge in [-0.15, -0.1) is 0 Å². The number of allylic oxidation sites excluding steroid dienone is 1. The number of hydrogen-bond donors (Lipinski definition) is 2. The lowest BCUT2D eigenvalue weighted by atomic mass is 10.1. The first-order valence-corrected chi connectivity index (χ1v) is 10.0. The van der Waals surface area contributed by atoms with Crippen molar-refractivity contribution in [3.8, 4) is 0 Å². The van der Waals surface area contributed by atoms with Gasteiger partial charge in [0.1, 0.15) is 0 Å². The average molecular weight is 385 g/mol. The third kappa shape index (κ3) is 9.93. The number of nitrogens with one attached hydrogen (secondary N) is 2. The quantitative estimate of drug-likeness (QED) is 0.596. The van der Waals surface area contributed by atoms with Crippen molar-refractivity contribution in [2.45, 2.75) is 41.2 Å². The van der Waals surface area contributed by atoms with Crippen molar-refractivity contribution in [1.29, 1.82) is 0 Å². The van der Waals surface area contributed by atoms with E-state index in [0.29, 0.717) is 12.2 Å². The Labute approximate surface area is 171 Å². The minimum atomic E-state index is -0.289. The van der Waals surface area contributed by atoms with E-state index < -0.39 is 0 Å². The van der Waals surface area contributed by atoms with Gasteiger partial charge in [-0.2, -0.15) is 0 Å². The molecule has 28 heavy (non-hydrogen) atoms. The highest BCUT2D eigenvalue weighted by Gasteiger charge is 2.09. The van der Waals surface area contributed by atoms with Crippen LogP contribution < -0.4 is 10.6 Å². The molecule has 2 aromatic carbocycles. The SMILES string of the molecule is C/C=C/c1cc(C(=O)OCC)ccc1NCc1ccccc1.CC.CCNC. The molecule has 0 amide bonds. The highest BCUT2D eigenvalue weighted by molar-refractivity contribution is 5.91. The van der Waals surface area contributed by atoms with Crippen molar-refractivity contribution < 1.29 is 9.53 Å². The molecule has 0 aromatic heterocycles. The number of rotatable bonds is 7. The molecule has 2 aromatic rings. The topological polar surface area (TPSA) is 50.4 Å². The molecule has 0 spiro atoms. The Kier molecular flexibility index (Phi) is 15.0. The van der Waals surface area contributed by atoms with Gasteiger partial charge in [0.15, 0.2) is 0 Å². The van der Waals surface area contributed by atoms with Crippen molar-refractivity contribution >= 4 is 17.7 Å². The number of benzene rings is 2. The van der Waals surface area contributed by atoms with Gasteiger partial charge in [0.05, 0.1) is 12.2 Å². The molecule has 0 atom stereocenters. The van der Waals surface area contributed by atoms with E-state index in [4.69, 9.17) is 4.74 Å². The number of anilines is 1. The standard InChI is InChI=1S/C19H21NO2.C3H9N.C2H6/c1-3-8-16-13-17(19(21)22-4-2)11-12-18(16)20-14-15-9-6-5-7-10-15;1-3-4-2;1-2/h3,5-13,20H,4,14H2,1-2H3;4H,3H2,1-2H3;1-2H3/b8-3+;;. The molecular formula is C24H36N2O2. The molecule has 2 N–H and O–H groups in total. The maximum atomic E-state index is 11.8. The van der Waals surface area contributed by atoms with Crippen LogP contribution in [-0.2, 0) is 11.3 Å². The molecule has 0 radical (unpaired) electrons. The lowest BCUT2D eigenvalue weighted by Crippen LogP contribution is -2.06. The summed E-state index contributed by atoms with van der Waals surface area (Å²) in [6, 6.07) is 15.8. The zero-order valence-corrected chi connectivity index (χ0v) is 18.2. The van der Waals surface area contributed by atoms with Crippen LogP contribution in [0.3, 0.4) is 0 Å². The Bertz CT molecular complexity index is 680. The lowest BCUT2D eigenvalue weighted by Gasteiger charge is -2.11. The van der Waals surface area contributed by atoms with E-state index in [-0.39, 0.29) is 5.97 Å². The van der Waals surface area contributed by atoms with E-state index in [1.54, 1.807) is 13.0 Å². The Morgan fingerprint density at radius 3 is 2.25 bits per heavy atom. The molecule has 0 unspecified atom stereocenters. The Morgan fingerprint density at radius 2 is 1.71 bits per heavy atom. The number of hydrogen-bond acceptors (Lipinski definition) is 4. The van der Waals surface area contributed by atoms with Crippen molar-refractivity contribution in [2.24, 2.45) is 0 Å². The molecule has 0 fully saturated rings. The minimum absolute atomic E-state index is 0.289. The first-order chi connectivity index (χ1) is 13.7. The van der Waals surface area contributed by atoms with E-state index in [1.165, 1.54) is 5.56 Å². The minimum Gasteiger partial charge on any atom is -0.462 e. The first kappa shape index (κ1) is 25.4. The van der Waals surface area contributed by atoms with E-state index in [1.807, 2.05) is 70.3 Å². The highest BCUT2D eigenvalue weighted by Crippen LogP contribution is 2.21. The van der Waals surface area contributed by atoms with Crippen molar-refractivity contribution in [3.63, 3.8) is 0 Å². The van der Waals surface area contributed by atoms with Gasteiger partial charge in [-0.1, -0.05) is 63.3 Å². The molecule has 0 saturated carbocycles. The van der Waals surface area contributed by atoms with Gasteiger partial charge in [-0.05, 0) is 56.8 Å². The summed E-state index contributed by atoms with van der Waals surface area (Å²) in [6.45, 7) is 12.0. The summed E-state index contributed by atoms with van der Waals surface area (Å²) in [4.78, 5) is 11.8. The van der Waals surface area contributed by atoms with Crippen LogP contribution in [0.5, 0.6) is 0 Å².